The average molecular weight is 244 g/mol. The van der Waals surface area contributed by atoms with Crippen LogP contribution in [0.3, 0.4) is 0 Å². The van der Waals surface area contributed by atoms with E-state index in [1.165, 1.54) is 11.3 Å². The molecule has 0 unspecified atom stereocenters. The van der Waals surface area contributed by atoms with Crippen LogP contribution in [0.15, 0.2) is 5.38 Å². The molecule has 5 nitrogen and oxygen atoms in total. The Morgan fingerprint density at radius 2 is 2.44 bits per heavy atom. The van der Waals surface area contributed by atoms with Crippen LogP contribution >= 0.6 is 11.3 Å². The average Bonchev–Trinajstić information content (AvgIpc) is 2.72. The molecule has 0 aliphatic heterocycles. The number of carbonyl (C=O) groups is 1. The Balaban J connectivity index is 2.52. The predicted molar refractivity (Wildman–Crippen MR) is 61.9 cm³/mol. The van der Waals surface area contributed by atoms with Crippen LogP contribution in [0, 0.1) is 0 Å². The minimum Gasteiger partial charge on any atom is -0.476 e. The van der Waals surface area contributed by atoms with E-state index in [-0.39, 0.29) is 5.01 Å². The number of rotatable bonds is 7. The molecule has 6 heteroatoms. The maximum atomic E-state index is 10.7. The summed E-state index contributed by atoms with van der Waals surface area (Å²) in [6.07, 6.45) is 0. The van der Waals surface area contributed by atoms with Gasteiger partial charge < -0.3 is 9.84 Å². The Kier molecular flexibility index (Phi) is 5.37. The van der Waals surface area contributed by atoms with E-state index >= 15 is 0 Å². The number of aromatic nitrogens is 1. The van der Waals surface area contributed by atoms with Crippen molar-refractivity contribution >= 4 is 17.3 Å². The second-order valence-corrected chi connectivity index (χ2v) is 4.17. The molecule has 16 heavy (non-hydrogen) atoms. The van der Waals surface area contributed by atoms with E-state index in [1.807, 2.05) is 0 Å². The fourth-order valence-electron chi connectivity index (χ4n) is 1.28. The summed E-state index contributed by atoms with van der Waals surface area (Å²) in [6, 6.07) is 0. The quantitative estimate of drug-likeness (QED) is 0.783. The first-order chi connectivity index (χ1) is 7.67. The SMILES string of the molecule is CCN(CCOC)Cc1csc(C(=O)O)n1. The van der Waals surface area contributed by atoms with Crippen molar-refractivity contribution in [1.82, 2.24) is 9.88 Å². The standard InChI is InChI=1S/C10H16N2O3S/c1-3-12(4-5-15-2)6-8-7-16-9(11-8)10(13)14/h7H,3-6H2,1-2H3,(H,13,14). The number of thiazole rings is 1. The summed E-state index contributed by atoms with van der Waals surface area (Å²) >= 11 is 1.17. The van der Waals surface area contributed by atoms with Gasteiger partial charge in [0.1, 0.15) is 0 Å². The molecule has 0 fully saturated rings. The minimum atomic E-state index is -0.962. The summed E-state index contributed by atoms with van der Waals surface area (Å²) in [5.41, 5.74) is 0.806. The van der Waals surface area contributed by atoms with Crippen molar-refractivity contribution in [2.75, 3.05) is 26.8 Å². The van der Waals surface area contributed by atoms with E-state index < -0.39 is 5.97 Å². The first kappa shape index (κ1) is 13.1. The zero-order valence-corrected chi connectivity index (χ0v) is 10.3. The van der Waals surface area contributed by atoms with Gasteiger partial charge in [0.05, 0.1) is 12.3 Å². The van der Waals surface area contributed by atoms with Crippen molar-refractivity contribution in [2.24, 2.45) is 0 Å². The molecule has 0 aliphatic carbocycles. The van der Waals surface area contributed by atoms with Crippen LogP contribution in [-0.2, 0) is 11.3 Å². The highest BCUT2D eigenvalue weighted by Gasteiger charge is 2.11. The normalized spacial score (nSPS) is 10.9. The second kappa shape index (κ2) is 6.57. The molecule has 0 atom stereocenters. The van der Waals surface area contributed by atoms with Gasteiger partial charge in [0.2, 0.25) is 5.01 Å². The molecular weight excluding hydrogens is 228 g/mol. The molecule has 0 saturated heterocycles. The third kappa shape index (κ3) is 3.88. The minimum absolute atomic E-state index is 0.151. The zero-order valence-electron chi connectivity index (χ0n) is 9.47. The lowest BCUT2D eigenvalue weighted by Crippen LogP contribution is -2.26. The number of methoxy groups -OCH3 is 1. The predicted octanol–water partition coefficient (Wildman–Crippen LogP) is 1.31. The van der Waals surface area contributed by atoms with Crippen LogP contribution in [0.4, 0.5) is 0 Å². The molecule has 1 aromatic heterocycles. The van der Waals surface area contributed by atoms with Gasteiger partial charge in [-0.25, -0.2) is 9.78 Å². The molecule has 1 rings (SSSR count). The zero-order chi connectivity index (χ0) is 12.0. The van der Waals surface area contributed by atoms with E-state index in [0.717, 1.165) is 18.8 Å². The highest BCUT2D eigenvalue weighted by molar-refractivity contribution is 7.11. The number of carboxylic acid groups (broad SMARTS) is 1. The number of hydrogen-bond acceptors (Lipinski definition) is 5. The van der Waals surface area contributed by atoms with Crippen LogP contribution in [0.2, 0.25) is 0 Å². The Morgan fingerprint density at radius 1 is 1.69 bits per heavy atom. The molecule has 0 aromatic carbocycles. The van der Waals surface area contributed by atoms with Crippen molar-refractivity contribution in [1.29, 1.82) is 0 Å². The van der Waals surface area contributed by atoms with Gasteiger partial charge in [-0.3, -0.25) is 4.90 Å². The van der Waals surface area contributed by atoms with Crippen LogP contribution < -0.4 is 0 Å². The van der Waals surface area contributed by atoms with Crippen LogP contribution in [-0.4, -0.2) is 47.8 Å². The molecule has 0 amide bonds. The molecule has 0 saturated carbocycles. The fourth-order valence-corrected chi connectivity index (χ4v) is 1.92. The summed E-state index contributed by atoms with van der Waals surface area (Å²) < 4.78 is 5.00. The summed E-state index contributed by atoms with van der Waals surface area (Å²) in [5, 5.41) is 10.7. The lowest BCUT2D eigenvalue weighted by Gasteiger charge is -2.18. The number of aromatic carboxylic acids is 1. The molecule has 0 aliphatic rings. The van der Waals surface area contributed by atoms with Gasteiger partial charge in [-0.05, 0) is 6.54 Å². The molecule has 90 valence electrons. The summed E-state index contributed by atoms with van der Waals surface area (Å²) in [4.78, 5) is 16.9. The third-order valence-corrected chi connectivity index (χ3v) is 3.06. The summed E-state index contributed by atoms with van der Waals surface area (Å²) in [7, 11) is 1.67. The molecule has 1 heterocycles. The lowest BCUT2D eigenvalue weighted by atomic mass is 10.4. The monoisotopic (exact) mass is 244 g/mol. The maximum absolute atomic E-state index is 10.7. The number of likely N-dealkylation sites (N-methyl/N-ethyl adjacent to an activating group) is 1. The van der Waals surface area contributed by atoms with E-state index in [4.69, 9.17) is 9.84 Å². The van der Waals surface area contributed by atoms with E-state index in [1.54, 1.807) is 12.5 Å². The van der Waals surface area contributed by atoms with Crippen LogP contribution in [0.1, 0.15) is 22.4 Å². The largest absolute Gasteiger partial charge is 0.476 e. The number of hydrogen-bond donors (Lipinski definition) is 1. The van der Waals surface area contributed by atoms with Gasteiger partial charge in [-0.1, -0.05) is 6.92 Å². The number of ether oxygens (including phenoxy) is 1. The molecule has 1 N–H and O–H groups in total. The third-order valence-electron chi connectivity index (χ3n) is 2.18. The summed E-state index contributed by atoms with van der Waals surface area (Å²) in [5.74, 6) is -0.962. The van der Waals surface area contributed by atoms with Crippen molar-refractivity contribution < 1.29 is 14.6 Å². The fraction of sp³-hybridized carbons (Fsp3) is 0.600. The Hall–Kier alpha value is -0.980. The van der Waals surface area contributed by atoms with Gasteiger partial charge in [-0.15, -0.1) is 11.3 Å². The number of carboxylic acids is 1. The van der Waals surface area contributed by atoms with E-state index in [9.17, 15) is 4.79 Å². The van der Waals surface area contributed by atoms with Crippen molar-refractivity contribution in [2.45, 2.75) is 13.5 Å². The Labute approximate surface area is 98.7 Å². The first-order valence-electron chi connectivity index (χ1n) is 5.06. The molecule has 0 bridgehead atoms. The van der Waals surface area contributed by atoms with Crippen LogP contribution in [0.5, 0.6) is 0 Å². The van der Waals surface area contributed by atoms with Gasteiger partial charge >= 0.3 is 5.97 Å². The molecular formula is C10H16N2O3S. The molecule has 1 aromatic rings. The topological polar surface area (TPSA) is 62.7 Å². The summed E-state index contributed by atoms with van der Waals surface area (Å²) in [6.45, 7) is 5.11. The van der Waals surface area contributed by atoms with Crippen LogP contribution in [0.25, 0.3) is 0 Å². The van der Waals surface area contributed by atoms with E-state index in [2.05, 4.69) is 16.8 Å². The smallest absolute Gasteiger partial charge is 0.365 e. The number of nitrogens with zero attached hydrogens (tertiary/aromatic N) is 2. The molecule has 0 radical (unpaired) electrons. The molecule has 0 spiro atoms. The highest BCUT2D eigenvalue weighted by Crippen LogP contribution is 2.11. The Bertz CT molecular complexity index is 341. The maximum Gasteiger partial charge on any atom is 0.365 e. The van der Waals surface area contributed by atoms with Crippen molar-refractivity contribution in [3.05, 3.63) is 16.1 Å². The van der Waals surface area contributed by atoms with Crippen molar-refractivity contribution in [3.63, 3.8) is 0 Å². The lowest BCUT2D eigenvalue weighted by molar-refractivity contribution is 0.0696. The van der Waals surface area contributed by atoms with E-state index in [0.29, 0.717) is 13.2 Å². The van der Waals surface area contributed by atoms with Gasteiger partial charge in [0.25, 0.3) is 0 Å². The van der Waals surface area contributed by atoms with Crippen molar-refractivity contribution in [3.8, 4) is 0 Å². The van der Waals surface area contributed by atoms with Gasteiger partial charge in [-0.2, -0.15) is 0 Å². The van der Waals surface area contributed by atoms with Gasteiger partial charge in [0.15, 0.2) is 0 Å². The Morgan fingerprint density at radius 3 is 2.94 bits per heavy atom. The first-order valence-corrected chi connectivity index (χ1v) is 5.94. The highest BCUT2D eigenvalue weighted by atomic mass is 32.1. The second-order valence-electron chi connectivity index (χ2n) is 3.31. The van der Waals surface area contributed by atoms with Gasteiger partial charge in [0, 0.05) is 25.6 Å².